The lowest BCUT2D eigenvalue weighted by atomic mass is 10.0. The Morgan fingerprint density at radius 1 is 1.19 bits per heavy atom. The third-order valence-corrected chi connectivity index (χ3v) is 5.82. The highest BCUT2D eigenvalue weighted by Gasteiger charge is 2.45. The third kappa shape index (κ3) is 7.33. The minimum Gasteiger partial charge on any atom is -0.479 e. The largest absolute Gasteiger partial charge is 0.479 e. The van der Waals surface area contributed by atoms with Gasteiger partial charge in [-0.2, -0.15) is 18.3 Å². The number of carboxylic acids is 1. The molecule has 0 saturated carbocycles. The van der Waals surface area contributed by atoms with Crippen LogP contribution in [-0.2, 0) is 9.53 Å². The van der Waals surface area contributed by atoms with Crippen LogP contribution in [0.2, 0.25) is 0 Å². The van der Waals surface area contributed by atoms with E-state index >= 15 is 0 Å². The third-order valence-electron chi connectivity index (χ3n) is 5.82. The molecule has 1 atom stereocenters. The number of aromatic nitrogens is 2. The summed E-state index contributed by atoms with van der Waals surface area (Å²) in [7, 11) is 0. The number of alkyl halides is 3. The van der Waals surface area contributed by atoms with Gasteiger partial charge in [0.05, 0.1) is 18.4 Å². The first kappa shape index (κ1) is 30.7. The van der Waals surface area contributed by atoms with Crippen LogP contribution in [0.5, 0.6) is 0 Å². The van der Waals surface area contributed by atoms with Gasteiger partial charge in [-0.3, -0.25) is 19.5 Å². The van der Waals surface area contributed by atoms with Gasteiger partial charge in [0.2, 0.25) is 5.89 Å². The van der Waals surface area contributed by atoms with Crippen molar-refractivity contribution < 1.29 is 46.6 Å². The van der Waals surface area contributed by atoms with Crippen LogP contribution in [0.1, 0.15) is 41.6 Å². The molecule has 1 aliphatic heterocycles. The number of hydrogen-bond acceptors (Lipinski definition) is 10. The first-order valence-corrected chi connectivity index (χ1v) is 12.5. The second-order valence-electron chi connectivity index (χ2n) is 10.4. The van der Waals surface area contributed by atoms with Crippen LogP contribution in [0.25, 0.3) is 11.5 Å². The quantitative estimate of drug-likeness (QED) is 0.361. The lowest BCUT2D eigenvalue weighted by Gasteiger charge is -2.27. The van der Waals surface area contributed by atoms with Crippen molar-refractivity contribution >= 4 is 42.0 Å². The van der Waals surface area contributed by atoms with Crippen molar-refractivity contribution in [3.63, 3.8) is 0 Å². The fourth-order valence-corrected chi connectivity index (χ4v) is 3.83. The lowest BCUT2D eigenvalue weighted by molar-refractivity contribution is -0.140. The maximum absolute atomic E-state index is 13.3. The number of rotatable bonds is 8. The number of ether oxygens (including phenoxy) is 1. The van der Waals surface area contributed by atoms with Gasteiger partial charge < -0.3 is 19.6 Å². The van der Waals surface area contributed by atoms with Crippen LogP contribution in [-0.4, -0.2) is 76.0 Å². The van der Waals surface area contributed by atoms with E-state index in [1.807, 2.05) is 0 Å². The number of benzene rings is 1. The number of aldehydes is 1. The first-order chi connectivity index (χ1) is 20.1. The summed E-state index contributed by atoms with van der Waals surface area (Å²) >= 11 is 0. The maximum Gasteiger partial charge on any atom is 0.416 e. The number of carbonyl (C=O) groups excluding carboxylic acids is 3. The number of pyridine rings is 1. The van der Waals surface area contributed by atoms with E-state index in [1.54, 1.807) is 12.1 Å². The second-order valence-corrected chi connectivity index (χ2v) is 10.4. The lowest BCUT2D eigenvalue weighted by Crippen LogP contribution is -2.58. The van der Waals surface area contributed by atoms with Crippen molar-refractivity contribution in [1.29, 1.82) is 0 Å². The van der Waals surface area contributed by atoms with Crippen LogP contribution < -0.4 is 15.2 Å². The van der Waals surface area contributed by atoms with E-state index in [2.05, 4.69) is 20.4 Å². The zero-order chi connectivity index (χ0) is 31.6. The number of anilines is 2. The zero-order valence-electron chi connectivity index (χ0n) is 23.0. The molecule has 1 unspecified atom stereocenters. The molecule has 16 heteroatoms. The van der Waals surface area contributed by atoms with Crippen molar-refractivity contribution in [2.24, 2.45) is 5.10 Å². The summed E-state index contributed by atoms with van der Waals surface area (Å²) in [4.78, 5) is 56.9. The van der Waals surface area contributed by atoms with Gasteiger partial charge in [0, 0.05) is 17.3 Å². The van der Waals surface area contributed by atoms with E-state index in [0.717, 1.165) is 24.7 Å². The van der Waals surface area contributed by atoms with Gasteiger partial charge in [-0.1, -0.05) is 0 Å². The van der Waals surface area contributed by atoms with E-state index < -0.39 is 47.6 Å². The standard InChI is InChI=1S/C27H25F3N6O7/c1-25(2,3)43-24(41)35(15-27(28,29)30)20-10-17(8-9-31-20)22-33-19(12-42-22)21(38)34-26(23(39)40)13-32-36(14-26)18-6-4-16(11-37)5-7-18/h4-13H,14-15H2,1-3H3,(H,34,38)(H,39,40). The predicted octanol–water partition coefficient (Wildman–Crippen LogP) is 3.91. The summed E-state index contributed by atoms with van der Waals surface area (Å²) in [6, 6.07) is 8.59. The number of aliphatic carboxylic acids is 1. The number of carboxylic acid groups (broad SMARTS) is 1. The molecular formula is C27H25F3N6O7. The molecule has 0 spiro atoms. The van der Waals surface area contributed by atoms with Crippen LogP contribution in [0.15, 0.2) is 58.4 Å². The molecule has 0 fully saturated rings. The van der Waals surface area contributed by atoms with Gasteiger partial charge >= 0.3 is 18.2 Å². The van der Waals surface area contributed by atoms with Crippen molar-refractivity contribution in [3.8, 4) is 11.5 Å². The molecule has 2 amide bonds. The molecule has 0 radical (unpaired) electrons. The highest BCUT2D eigenvalue weighted by atomic mass is 19.4. The SMILES string of the molecule is CC(C)(C)OC(=O)N(CC(F)(F)F)c1cc(-c2nc(C(=O)NC3(C(=O)O)C=NN(c4ccc(C=O)cc4)C3)co2)ccn1. The average Bonchev–Trinajstić information content (AvgIpc) is 3.59. The molecule has 1 aliphatic rings. The Hall–Kier alpha value is -5.28. The summed E-state index contributed by atoms with van der Waals surface area (Å²) in [6.07, 6.45) is -2.31. The number of carbonyl (C=O) groups is 4. The molecule has 4 rings (SSSR count). The molecule has 0 aliphatic carbocycles. The summed E-state index contributed by atoms with van der Waals surface area (Å²) in [5, 5.41) is 17.7. The fraction of sp³-hybridized carbons (Fsp3) is 0.296. The zero-order valence-corrected chi connectivity index (χ0v) is 23.0. The van der Waals surface area contributed by atoms with Crippen LogP contribution in [0.4, 0.5) is 29.5 Å². The van der Waals surface area contributed by atoms with E-state index in [1.165, 1.54) is 44.0 Å². The van der Waals surface area contributed by atoms with Crippen LogP contribution >= 0.6 is 0 Å². The number of halogens is 3. The molecule has 2 N–H and O–H groups in total. The van der Waals surface area contributed by atoms with Crippen molar-refractivity contribution in [2.75, 3.05) is 23.0 Å². The number of amides is 2. The first-order valence-electron chi connectivity index (χ1n) is 12.5. The number of oxazole rings is 1. The summed E-state index contributed by atoms with van der Waals surface area (Å²) in [5.41, 5.74) is -2.42. The number of hydrogen-bond donors (Lipinski definition) is 2. The Balaban J connectivity index is 1.54. The Morgan fingerprint density at radius 3 is 2.49 bits per heavy atom. The maximum atomic E-state index is 13.3. The van der Waals surface area contributed by atoms with E-state index in [-0.39, 0.29) is 23.7 Å². The molecule has 13 nitrogen and oxygen atoms in total. The Morgan fingerprint density at radius 2 is 1.88 bits per heavy atom. The van der Waals surface area contributed by atoms with Crippen molar-refractivity contribution in [3.05, 3.63) is 60.1 Å². The topological polar surface area (TPSA) is 168 Å². The van der Waals surface area contributed by atoms with Gasteiger partial charge in [0.1, 0.15) is 30.5 Å². The predicted molar refractivity (Wildman–Crippen MR) is 145 cm³/mol. The molecule has 226 valence electrons. The Labute approximate surface area is 242 Å². The van der Waals surface area contributed by atoms with Crippen LogP contribution in [0, 0.1) is 0 Å². The summed E-state index contributed by atoms with van der Waals surface area (Å²) in [5.74, 6) is -2.98. The summed E-state index contributed by atoms with van der Waals surface area (Å²) < 4.78 is 50.3. The fourth-order valence-electron chi connectivity index (χ4n) is 3.83. The highest BCUT2D eigenvalue weighted by molar-refractivity contribution is 6.07. The Kier molecular flexibility index (Phi) is 8.23. The molecule has 2 aromatic heterocycles. The molecule has 0 bridgehead atoms. The van der Waals surface area contributed by atoms with E-state index in [9.17, 15) is 37.5 Å². The Bertz CT molecular complexity index is 1570. The minimum atomic E-state index is -4.78. The van der Waals surface area contributed by atoms with Gasteiger partial charge in [-0.25, -0.2) is 19.6 Å². The minimum absolute atomic E-state index is 0.0695. The molecule has 3 aromatic rings. The average molecular weight is 603 g/mol. The van der Waals surface area contributed by atoms with E-state index in [4.69, 9.17) is 9.15 Å². The van der Waals surface area contributed by atoms with Gasteiger partial charge in [0.15, 0.2) is 11.2 Å². The molecule has 1 aromatic carbocycles. The van der Waals surface area contributed by atoms with Gasteiger partial charge in [-0.15, -0.1) is 0 Å². The summed E-state index contributed by atoms with van der Waals surface area (Å²) in [6.45, 7) is 2.52. The van der Waals surface area contributed by atoms with Crippen LogP contribution in [0.3, 0.4) is 0 Å². The monoisotopic (exact) mass is 602 g/mol. The van der Waals surface area contributed by atoms with Gasteiger partial charge in [0.25, 0.3) is 5.91 Å². The number of nitrogens with zero attached hydrogens (tertiary/aromatic N) is 5. The highest BCUT2D eigenvalue weighted by Crippen LogP contribution is 2.28. The second kappa shape index (κ2) is 11.5. The molecule has 3 heterocycles. The molecule has 43 heavy (non-hydrogen) atoms. The molecule has 0 saturated heterocycles. The number of hydrazone groups is 1. The van der Waals surface area contributed by atoms with Gasteiger partial charge in [-0.05, 0) is 57.2 Å². The van der Waals surface area contributed by atoms with Crippen molar-refractivity contribution in [2.45, 2.75) is 38.1 Å². The number of nitrogens with one attached hydrogen (secondary N) is 1. The normalized spacial score (nSPS) is 16.6. The smallest absolute Gasteiger partial charge is 0.416 e. The van der Waals surface area contributed by atoms with E-state index in [0.29, 0.717) is 22.4 Å². The van der Waals surface area contributed by atoms with Crippen molar-refractivity contribution in [1.82, 2.24) is 15.3 Å². The molecular weight excluding hydrogens is 577 g/mol.